The van der Waals surface area contributed by atoms with E-state index in [-0.39, 0.29) is 6.61 Å². The van der Waals surface area contributed by atoms with Crippen LogP contribution in [0.15, 0.2) is 0 Å². The maximum absolute atomic E-state index is 9.33. The van der Waals surface area contributed by atoms with Crippen LogP contribution in [0.5, 0.6) is 0 Å². The first-order valence-corrected chi connectivity index (χ1v) is 7.51. The van der Waals surface area contributed by atoms with E-state index in [4.69, 9.17) is 5.73 Å². The van der Waals surface area contributed by atoms with E-state index in [1.54, 1.807) is 0 Å². The third-order valence-corrected chi connectivity index (χ3v) is 4.06. The number of aliphatic hydroxyl groups excluding tert-OH is 1. The lowest BCUT2D eigenvalue weighted by molar-refractivity contribution is 0.0917. The van der Waals surface area contributed by atoms with Crippen molar-refractivity contribution in [1.82, 2.24) is 4.90 Å². The molecule has 0 aliphatic heterocycles. The van der Waals surface area contributed by atoms with Crippen molar-refractivity contribution >= 4 is 0 Å². The van der Waals surface area contributed by atoms with E-state index < -0.39 is 5.54 Å². The van der Waals surface area contributed by atoms with E-state index in [9.17, 15) is 5.11 Å². The summed E-state index contributed by atoms with van der Waals surface area (Å²) in [5, 5.41) is 9.33. The van der Waals surface area contributed by atoms with Gasteiger partial charge >= 0.3 is 0 Å². The second kappa shape index (κ2) is 6.88. The van der Waals surface area contributed by atoms with Crippen LogP contribution in [0.1, 0.15) is 59.8 Å². The van der Waals surface area contributed by atoms with Crippen LogP contribution in [-0.4, -0.2) is 40.8 Å². The monoisotopic (exact) mass is 256 g/mol. The first kappa shape index (κ1) is 15.9. The Morgan fingerprint density at radius 2 is 1.83 bits per heavy atom. The van der Waals surface area contributed by atoms with E-state index in [1.807, 2.05) is 6.92 Å². The minimum absolute atomic E-state index is 0.0670. The molecule has 0 radical (unpaired) electrons. The molecule has 1 rings (SSSR count). The molecular formula is C15H32N2O. The number of nitrogens with two attached hydrogens (primary N) is 1. The molecule has 0 spiro atoms. The Morgan fingerprint density at radius 1 is 1.28 bits per heavy atom. The van der Waals surface area contributed by atoms with E-state index in [1.165, 1.54) is 25.7 Å². The summed E-state index contributed by atoms with van der Waals surface area (Å²) in [6.07, 6.45) is 6.26. The summed E-state index contributed by atoms with van der Waals surface area (Å²) >= 11 is 0. The van der Waals surface area contributed by atoms with Crippen LogP contribution in [0.25, 0.3) is 0 Å². The molecule has 3 N–H and O–H groups in total. The van der Waals surface area contributed by atoms with Gasteiger partial charge in [-0.05, 0) is 39.0 Å². The summed E-state index contributed by atoms with van der Waals surface area (Å²) in [6, 6.07) is 1.19. The molecule has 1 aliphatic carbocycles. The van der Waals surface area contributed by atoms with Crippen molar-refractivity contribution in [2.45, 2.75) is 77.4 Å². The van der Waals surface area contributed by atoms with Gasteiger partial charge in [-0.25, -0.2) is 0 Å². The van der Waals surface area contributed by atoms with Crippen molar-refractivity contribution < 1.29 is 5.11 Å². The van der Waals surface area contributed by atoms with Crippen molar-refractivity contribution in [1.29, 1.82) is 0 Å². The minimum atomic E-state index is -0.451. The Hall–Kier alpha value is -0.120. The maximum atomic E-state index is 9.33. The summed E-state index contributed by atoms with van der Waals surface area (Å²) in [4.78, 5) is 2.64. The van der Waals surface area contributed by atoms with Gasteiger partial charge in [0.1, 0.15) is 0 Å². The van der Waals surface area contributed by atoms with Crippen LogP contribution in [0, 0.1) is 5.92 Å². The highest BCUT2D eigenvalue weighted by molar-refractivity contribution is 4.88. The number of nitrogens with zero attached hydrogens (tertiary/aromatic N) is 1. The Balaban J connectivity index is 2.63. The first-order valence-electron chi connectivity index (χ1n) is 7.51. The second-order valence-electron chi connectivity index (χ2n) is 6.89. The molecule has 0 saturated heterocycles. The van der Waals surface area contributed by atoms with Crippen molar-refractivity contribution in [3.05, 3.63) is 0 Å². The van der Waals surface area contributed by atoms with E-state index in [0.29, 0.717) is 12.0 Å². The van der Waals surface area contributed by atoms with Gasteiger partial charge in [0.15, 0.2) is 0 Å². The summed E-state index contributed by atoms with van der Waals surface area (Å²) < 4.78 is 0. The largest absolute Gasteiger partial charge is 0.394 e. The molecule has 0 amide bonds. The molecular weight excluding hydrogens is 224 g/mol. The zero-order valence-corrected chi connectivity index (χ0v) is 12.7. The van der Waals surface area contributed by atoms with Gasteiger partial charge in [0.25, 0.3) is 0 Å². The molecule has 108 valence electrons. The van der Waals surface area contributed by atoms with Gasteiger partial charge in [-0.3, -0.25) is 4.90 Å². The van der Waals surface area contributed by atoms with Crippen LogP contribution in [0.2, 0.25) is 0 Å². The first-order chi connectivity index (χ1) is 8.35. The fourth-order valence-electron chi connectivity index (χ4n) is 3.20. The highest BCUT2D eigenvalue weighted by Crippen LogP contribution is 2.28. The zero-order valence-electron chi connectivity index (χ0n) is 12.7. The van der Waals surface area contributed by atoms with Gasteiger partial charge < -0.3 is 10.8 Å². The second-order valence-corrected chi connectivity index (χ2v) is 6.89. The zero-order chi connectivity index (χ0) is 13.8. The van der Waals surface area contributed by atoms with Gasteiger partial charge in [-0.15, -0.1) is 0 Å². The Morgan fingerprint density at radius 3 is 2.28 bits per heavy atom. The van der Waals surface area contributed by atoms with Gasteiger partial charge in [-0.1, -0.05) is 26.7 Å². The third kappa shape index (κ3) is 4.87. The van der Waals surface area contributed by atoms with E-state index >= 15 is 0 Å². The predicted molar refractivity (Wildman–Crippen MR) is 77.6 cm³/mol. The van der Waals surface area contributed by atoms with Crippen LogP contribution in [0.4, 0.5) is 0 Å². The molecule has 0 bridgehead atoms. The maximum Gasteiger partial charge on any atom is 0.0609 e. The van der Waals surface area contributed by atoms with Crippen molar-refractivity contribution in [3.8, 4) is 0 Å². The minimum Gasteiger partial charge on any atom is -0.394 e. The Labute approximate surface area is 113 Å². The third-order valence-electron chi connectivity index (χ3n) is 4.06. The average molecular weight is 256 g/mol. The van der Waals surface area contributed by atoms with Gasteiger partial charge in [0.05, 0.1) is 6.61 Å². The molecule has 2 atom stereocenters. The van der Waals surface area contributed by atoms with Gasteiger partial charge in [-0.2, -0.15) is 0 Å². The van der Waals surface area contributed by atoms with Crippen LogP contribution >= 0.6 is 0 Å². The molecule has 0 aromatic rings. The summed E-state index contributed by atoms with van der Waals surface area (Å²) in [5.74, 6) is 0.686. The van der Waals surface area contributed by atoms with Crippen LogP contribution < -0.4 is 5.73 Å². The van der Waals surface area contributed by atoms with Crippen molar-refractivity contribution in [3.63, 3.8) is 0 Å². The predicted octanol–water partition coefficient (Wildman–Crippen LogP) is 2.38. The Kier molecular flexibility index (Phi) is 6.09. The van der Waals surface area contributed by atoms with Crippen LogP contribution in [0.3, 0.4) is 0 Å². The lowest BCUT2D eigenvalue weighted by atomic mass is 9.93. The van der Waals surface area contributed by atoms with E-state index in [0.717, 1.165) is 19.0 Å². The molecule has 3 nitrogen and oxygen atoms in total. The molecule has 3 heteroatoms. The highest BCUT2D eigenvalue weighted by Gasteiger charge is 2.30. The normalized spacial score (nSPS) is 22.7. The van der Waals surface area contributed by atoms with Crippen molar-refractivity contribution in [2.24, 2.45) is 11.7 Å². The average Bonchev–Trinajstić information content (AvgIpc) is 2.78. The lowest BCUT2D eigenvalue weighted by Gasteiger charge is -2.39. The lowest BCUT2D eigenvalue weighted by Crippen LogP contribution is -2.50. The highest BCUT2D eigenvalue weighted by atomic mass is 16.3. The molecule has 0 aromatic carbocycles. The molecule has 0 heterocycles. The summed E-state index contributed by atoms with van der Waals surface area (Å²) in [7, 11) is 0. The number of aliphatic hydroxyl groups is 1. The number of hydrogen-bond donors (Lipinski definition) is 2. The molecule has 0 aromatic heterocycles. The molecule has 2 unspecified atom stereocenters. The molecule has 1 aliphatic rings. The SMILES string of the molecule is CC(C)CN(C(C)CC(C)(N)CO)C1CCCC1. The van der Waals surface area contributed by atoms with E-state index in [2.05, 4.69) is 25.7 Å². The Bertz CT molecular complexity index is 235. The number of hydrogen-bond acceptors (Lipinski definition) is 3. The fraction of sp³-hybridized carbons (Fsp3) is 1.00. The van der Waals surface area contributed by atoms with Crippen molar-refractivity contribution in [2.75, 3.05) is 13.2 Å². The van der Waals surface area contributed by atoms with Gasteiger partial charge in [0.2, 0.25) is 0 Å². The summed E-state index contributed by atoms with van der Waals surface area (Å²) in [5.41, 5.74) is 5.66. The quantitative estimate of drug-likeness (QED) is 0.735. The van der Waals surface area contributed by atoms with Gasteiger partial charge in [0, 0.05) is 24.2 Å². The standard InChI is InChI=1S/C15H32N2O/c1-12(2)10-17(14-7-5-6-8-14)13(3)9-15(4,16)11-18/h12-14,18H,5-11,16H2,1-4H3. The molecule has 18 heavy (non-hydrogen) atoms. The van der Waals surface area contributed by atoms with Crippen LogP contribution in [-0.2, 0) is 0 Å². The smallest absolute Gasteiger partial charge is 0.0609 e. The molecule has 1 fully saturated rings. The fourth-order valence-corrected chi connectivity index (χ4v) is 3.20. The summed E-state index contributed by atoms with van der Waals surface area (Å²) in [6.45, 7) is 9.99. The molecule has 1 saturated carbocycles. The number of rotatable bonds is 7. The topological polar surface area (TPSA) is 49.5 Å².